The van der Waals surface area contributed by atoms with Crippen molar-refractivity contribution in [3.8, 4) is 5.75 Å². The third-order valence-corrected chi connectivity index (χ3v) is 14.4. The first-order valence-corrected chi connectivity index (χ1v) is 26.5. The van der Waals surface area contributed by atoms with Crippen LogP contribution in [0, 0.1) is 43.7 Å². The first-order chi connectivity index (χ1) is 36.8. The van der Waals surface area contributed by atoms with Crippen molar-refractivity contribution in [2.75, 3.05) is 39.5 Å². The minimum Gasteiger partial charge on any atom is -0.410 e. The van der Waals surface area contributed by atoms with Crippen LogP contribution in [0.25, 0.3) is 0 Å². The van der Waals surface area contributed by atoms with Gasteiger partial charge in [0.15, 0.2) is 0 Å². The van der Waals surface area contributed by atoms with E-state index in [1.165, 1.54) is 52.1 Å². The normalized spacial score (nSPS) is 14.0. The predicted octanol–water partition coefficient (Wildman–Crippen LogP) is 12.4. The van der Waals surface area contributed by atoms with Gasteiger partial charge in [-0.25, -0.2) is 4.79 Å². The van der Waals surface area contributed by atoms with Crippen molar-refractivity contribution < 1.29 is 28.7 Å². The minimum atomic E-state index is -0.624. The van der Waals surface area contributed by atoms with E-state index in [4.69, 9.17) is 19.9 Å². The molecule has 2 aliphatic rings. The van der Waals surface area contributed by atoms with Crippen molar-refractivity contribution in [2.45, 2.75) is 89.5 Å². The largest absolute Gasteiger partial charge is 0.412 e. The number of rotatable bonds is 16. The predicted molar refractivity (Wildman–Crippen MR) is 303 cm³/mol. The highest BCUT2D eigenvalue weighted by Crippen LogP contribution is 2.38. The SMILES string of the molecule is Cc1cccc(C(CNC(=O)CC2CCOCC2)(Cc2ccccc2)c2cccc(C)c2)c1.Cc1cccc(C(CNC(=O)Oc2ccc([N+](=O)[O-])cc2)(Cc2ccccc2)c2cccc(C)c2)c1.NC1CCOCC1. The van der Waals surface area contributed by atoms with Gasteiger partial charge < -0.3 is 30.6 Å². The molecule has 2 aliphatic heterocycles. The molecule has 9 rings (SSSR count). The van der Waals surface area contributed by atoms with Crippen LogP contribution in [0.4, 0.5) is 10.5 Å². The molecule has 396 valence electrons. The molecule has 0 spiro atoms. The van der Waals surface area contributed by atoms with E-state index in [-0.39, 0.29) is 22.8 Å². The highest BCUT2D eigenvalue weighted by Gasteiger charge is 2.37. The maximum absolute atomic E-state index is 13.1. The fourth-order valence-corrected chi connectivity index (χ4v) is 10.2. The maximum atomic E-state index is 13.1. The van der Waals surface area contributed by atoms with Crippen LogP contribution in [0.1, 0.15) is 87.7 Å². The molecule has 2 fully saturated rings. The number of benzene rings is 7. The first kappa shape index (κ1) is 56.3. The molecule has 0 bridgehead atoms. The zero-order valence-corrected chi connectivity index (χ0v) is 44.5. The third-order valence-electron chi connectivity index (χ3n) is 14.4. The van der Waals surface area contributed by atoms with Crippen LogP contribution >= 0.6 is 0 Å². The van der Waals surface area contributed by atoms with Crippen molar-refractivity contribution in [3.63, 3.8) is 0 Å². The average molecular weight is 1020 g/mol. The smallest absolute Gasteiger partial charge is 0.410 e. The lowest BCUT2D eigenvalue weighted by Crippen LogP contribution is -2.44. The highest BCUT2D eigenvalue weighted by molar-refractivity contribution is 5.76. The van der Waals surface area contributed by atoms with E-state index < -0.39 is 16.4 Å². The van der Waals surface area contributed by atoms with Crippen LogP contribution in [0.5, 0.6) is 5.75 Å². The molecule has 0 radical (unpaired) electrons. The summed E-state index contributed by atoms with van der Waals surface area (Å²) in [5.41, 5.74) is 16.4. The summed E-state index contributed by atoms with van der Waals surface area (Å²) in [7, 11) is 0. The summed E-state index contributed by atoms with van der Waals surface area (Å²) in [5, 5.41) is 17.2. The Balaban J connectivity index is 0.000000196. The Morgan fingerprint density at radius 3 is 1.32 bits per heavy atom. The van der Waals surface area contributed by atoms with Crippen LogP contribution in [0.15, 0.2) is 182 Å². The molecular weight excluding hydrogens is 949 g/mol. The number of nitro groups is 1. The molecule has 11 nitrogen and oxygen atoms in total. The molecule has 2 amide bonds. The van der Waals surface area contributed by atoms with Gasteiger partial charge in [-0.3, -0.25) is 14.9 Å². The van der Waals surface area contributed by atoms with Crippen LogP contribution in [-0.4, -0.2) is 62.5 Å². The van der Waals surface area contributed by atoms with Crippen molar-refractivity contribution in [3.05, 3.63) is 248 Å². The number of hydrogen-bond acceptors (Lipinski definition) is 8. The van der Waals surface area contributed by atoms with Gasteiger partial charge in [-0.2, -0.15) is 0 Å². The summed E-state index contributed by atoms with van der Waals surface area (Å²) in [6, 6.07) is 60.9. The van der Waals surface area contributed by atoms with E-state index in [0.29, 0.717) is 37.9 Å². The quantitative estimate of drug-likeness (QED) is 0.0638. The van der Waals surface area contributed by atoms with Gasteiger partial charge in [-0.05, 0) is 118 Å². The van der Waals surface area contributed by atoms with Crippen molar-refractivity contribution in [1.29, 1.82) is 0 Å². The van der Waals surface area contributed by atoms with Crippen LogP contribution in [-0.2, 0) is 37.9 Å². The average Bonchev–Trinajstić information content (AvgIpc) is 3.44. The number of nitrogens with two attached hydrogens (primary N) is 1. The molecule has 0 saturated carbocycles. The molecule has 2 heterocycles. The zero-order valence-electron chi connectivity index (χ0n) is 44.5. The van der Waals surface area contributed by atoms with Crippen LogP contribution in [0.2, 0.25) is 0 Å². The van der Waals surface area contributed by atoms with Gasteiger partial charge in [0.25, 0.3) is 5.69 Å². The molecule has 0 aliphatic carbocycles. The van der Waals surface area contributed by atoms with Gasteiger partial charge in [-0.1, -0.05) is 180 Å². The highest BCUT2D eigenvalue weighted by atomic mass is 16.6. The molecule has 7 aromatic carbocycles. The number of amides is 2. The van der Waals surface area contributed by atoms with E-state index in [1.807, 2.05) is 30.3 Å². The van der Waals surface area contributed by atoms with E-state index in [1.54, 1.807) is 0 Å². The number of ether oxygens (including phenoxy) is 3. The summed E-state index contributed by atoms with van der Waals surface area (Å²) < 4.78 is 16.0. The molecule has 0 aromatic heterocycles. The first-order valence-electron chi connectivity index (χ1n) is 26.5. The molecule has 7 aromatic rings. The monoisotopic (exact) mass is 1020 g/mol. The zero-order chi connectivity index (χ0) is 53.8. The minimum absolute atomic E-state index is 0.0662. The molecule has 11 heteroatoms. The second kappa shape index (κ2) is 27.9. The van der Waals surface area contributed by atoms with Gasteiger partial charge >= 0.3 is 6.09 Å². The van der Waals surface area contributed by atoms with E-state index in [0.717, 1.165) is 86.3 Å². The Bertz CT molecular complexity index is 2840. The van der Waals surface area contributed by atoms with Crippen LogP contribution < -0.4 is 21.1 Å². The molecular formula is C65H74N4O7. The van der Waals surface area contributed by atoms with E-state index in [2.05, 4.69) is 166 Å². The molecule has 0 unspecified atom stereocenters. The lowest BCUT2D eigenvalue weighted by molar-refractivity contribution is -0.384. The maximum Gasteiger partial charge on any atom is 0.412 e. The summed E-state index contributed by atoms with van der Waals surface area (Å²) in [6.07, 6.45) is 5.46. The summed E-state index contributed by atoms with van der Waals surface area (Å²) in [5.74, 6) is 0.790. The molecule has 4 N–H and O–H groups in total. The standard InChI is InChI=1S/C30H28N2O4.C30H35NO2.C5H11NO/c1-22-8-6-12-25(18-22)30(20-24-10-4-3-5-11-24,26-13-7-9-23(2)19-26)21-31-29(33)36-28-16-14-27(15-17-28)32(34)35;1-23-8-6-12-27(18-23)30(21-26-10-4-3-5-11-26,28-13-7-9-24(2)19-28)22-31-29(32)20-25-14-16-33-17-15-25;6-5-1-3-7-4-2-5/h3-19H,20-21H2,1-2H3,(H,31,33);3-13,18-19,25H,14-17,20-22H2,1-2H3,(H,31,32);5H,1-4,6H2. The number of hydrogen-bond donors (Lipinski definition) is 3. The second-order valence-electron chi connectivity index (χ2n) is 20.4. The van der Waals surface area contributed by atoms with E-state index >= 15 is 0 Å². The number of aryl methyl sites for hydroxylation is 4. The molecule has 0 atom stereocenters. The topological polar surface area (TPSA) is 155 Å². The molecule has 76 heavy (non-hydrogen) atoms. The number of carbonyl (C=O) groups excluding carboxylic acids is 2. The number of carbonyl (C=O) groups is 2. The van der Waals surface area contributed by atoms with Crippen molar-refractivity contribution in [1.82, 2.24) is 10.6 Å². The number of nitrogens with zero attached hydrogens (tertiary/aromatic N) is 1. The number of nitrogens with one attached hydrogen (secondary N) is 2. The Morgan fingerprint density at radius 2 is 0.947 bits per heavy atom. The lowest BCUT2D eigenvalue weighted by Gasteiger charge is -2.36. The number of nitro benzene ring substituents is 1. The third kappa shape index (κ3) is 16.3. The second-order valence-corrected chi connectivity index (χ2v) is 20.4. The van der Waals surface area contributed by atoms with Gasteiger partial charge in [-0.15, -0.1) is 0 Å². The van der Waals surface area contributed by atoms with Gasteiger partial charge in [0.05, 0.1) is 4.92 Å². The summed E-state index contributed by atoms with van der Waals surface area (Å²) in [6.45, 7) is 12.5. The fourth-order valence-electron chi connectivity index (χ4n) is 10.2. The lowest BCUT2D eigenvalue weighted by atomic mass is 9.69. The van der Waals surface area contributed by atoms with E-state index in [9.17, 15) is 19.7 Å². The molecule has 2 saturated heterocycles. The van der Waals surface area contributed by atoms with Crippen molar-refractivity contribution in [2.24, 2.45) is 11.7 Å². The van der Waals surface area contributed by atoms with Gasteiger partial charge in [0.1, 0.15) is 5.75 Å². The fraction of sp³-hybridized carbons (Fsp3) is 0.323. The van der Waals surface area contributed by atoms with Gasteiger partial charge in [0, 0.05) is 74.9 Å². The number of non-ortho nitro benzene ring substituents is 1. The Hall–Kier alpha value is -7.44. The summed E-state index contributed by atoms with van der Waals surface area (Å²) >= 11 is 0. The van der Waals surface area contributed by atoms with Crippen LogP contribution in [0.3, 0.4) is 0 Å². The Labute approximate surface area is 449 Å². The van der Waals surface area contributed by atoms with Gasteiger partial charge in [0.2, 0.25) is 5.91 Å². The Kier molecular flexibility index (Phi) is 20.7. The Morgan fingerprint density at radius 1 is 0.553 bits per heavy atom. The van der Waals surface area contributed by atoms with Crippen molar-refractivity contribution >= 4 is 17.7 Å². The summed E-state index contributed by atoms with van der Waals surface area (Å²) in [4.78, 5) is 36.3.